The molecule has 1 amide bonds. The van der Waals surface area contributed by atoms with Crippen LogP contribution in [-0.2, 0) is 27.8 Å². The first-order valence-corrected chi connectivity index (χ1v) is 12.6. The number of fused-ring (bicyclic) bond motifs is 2. The van der Waals surface area contributed by atoms with E-state index in [-0.39, 0.29) is 22.9 Å². The van der Waals surface area contributed by atoms with Crippen LogP contribution in [0, 0.1) is 6.92 Å². The molecule has 0 aliphatic carbocycles. The summed E-state index contributed by atoms with van der Waals surface area (Å²) in [6.07, 6.45) is 2.83. The van der Waals surface area contributed by atoms with Gasteiger partial charge >= 0.3 is 0 Å². The molecule has 0 spiro atoms. The minimum Gasteiger partial charge on any atom is -0.311 e. The molecule has 33 heavy (non-hydrogen) atoms. The quantitative estimate of drug-likeness (QED) is 0.555. The van der Waals surface area contributed by atoms with Crippen molar-refractivity contribution in [3.63, 3.8) is 0 Å². The second-order valence-corrected chi connectivity index (χ2v) is 10.1. The molecule has 0 atom stereocenters. The molecule has 1 aliphatic rings. The largest absolute Gasteiger partial charge is 0.311 e. The van der Waals surface area contributed by atoms with Gasteiger partial charge in [0.05, 0.1) is 22.1 Å². The van der Waals surface area contributed by atoms with Crippen LogP contribution in [0.1, 0.15) is 31.4 Å². The van der Waals surface area contributed by atoms with Crippen molar-refractivity contribution in [2.24, 2.45) is 0 Å². The highest BCUT2D eigenvalue weighted by Gasteiger charge is 2.27. The van der Waals surface area contributed by atoms with Crippen LogP contribution < -0.4 is 10.5 Å². The maximum absolute atomic E-state index is 13.2. The summed E-state index contributed by atoms with van der Waals surface area (Å²) < 4.78 is 28.6. The number of rotatable bonds is 6. The Balaban J connectivity index is 1.63. The number of hydrogen-bond acceptors (Lipinski definition) is 5. The maximum atomic E-state index is 13.2. The summed E-state index contributed by atoms with van der Waals surface area (Å²) in [7, 11) is -3.57. The molecule has 1 aromatic heterocycles. The van der Waals surface area contributed by atoms with Gasteiger partial charge in [-0.05, 0) is 55.2 Å². The third kappa shape index (κ3) is 4.18. The number of sulfonamides is 1. The Morgan fingerprint density at radius 2 is 1.91 bits per heavy atom. The number of benzene rings is 2. The summed E-state index contributed by atoms with van der Waals surface area (Å²) >= 11 is 0. The Hall–Kier alpha value is -3.04. The number of carbonyl (C=O) groups is 1. The molecule has 0 unspecified atom stereocenters. The van der Waals surface area contributed by atoms with E-state index < -0.39 is 10.0 Å². The van der Waals surface area contributed by atoms with E-state index in [0.717, 1.165) is 17.5 Å². The highest BCUT2D eigenvalue weighted by Crippen LogP contribution is 2.30. The molecule has 0 bridgehead atoms. The minimum absolute atomic E-state index is 0.130. The van der Waals surface area contributed by atoms with Crippen LogP contribution in [0.4, 0.5) is 5.69 Å². The van der Waals surface area contributed by atoms with Crippen LogP contribution in [-0.4, -0.2) is 47.8 Å². The molecule has 2 heterocycles. The lowest BCUT2D eigenvalue weighted by atomic mass is 10.0. The van der Waals surface area contributed by atoms with Crippen molar-refractivity contribution in [1.82, 2.24) is 13.9 Å². The van der Waals surface area contributed by atoms with Crippen molar-refractivity contribution in [2.75, 3.05) is 24.5 Å². The zero-order valence-electron chi connectivity index (χ0n) is 19.1. The van der Waals surface area contributed by atoms with Gasteiger partial charge in [-0.1, -0.05) is 26.0 Å². The Labute approximate surface area is 193 Å². The number of anilines is 1. The zero-order valence-corrected chi connectivity index (χ0v) is 19.9. The zero-order chi connectivity index (χ0) is 23.8. The first-order valence-electron chi connectivity index (χ1n) is 11.2. The van der Waals surface area contributed by atoms with Crippen LogP contribution >= 0.6 is 0 Å². The van der Waals surface area contributed by atoms with Crippen LogP contribution in [0.5, 0.6) is 0 Å². The smallest absolute Gasteiger partial charge is 0.261 e. The van der Waals surface area contributed by atoms with Crippen LogP contribution in [0.2, 0.25) is 0 Å². The van der Waals surface area contributed by atoms with E-state index >= 15 is 0 Å². The second kappa shape index (κ2) is 9.07. The Morgan fingerprint density at radius 3 is 2.64 bits per heavy atom. The lowest BCUT2D eigenvalue weighted by Gasteiger charge is -2.30. The SMILES string of the molecule is CCN(CC)S(=O)(=O)c1ccc2c(c1)CCCN2C(=O)Cn1cnc2c(C)cccc2c1=O. The standard InChI is InChI=1S/C24H28N4O4S/c1-4-27(5-2)33(31,32)19-11-12-21-18(14-19)9-7-13-28(21)22(29)15-26-16-25-23-17(3)8-6-10-20(23)24(26)30/h6,8,10-12,14,16H,4-5,7,9,13,15H2,1-3H3. The van der Waals surface area contributed by atoms with E-state index in [2.05, 4.69) is 4.98 Å². The molecule has 3 aromatic rings. The van der Waals surface area contributed by atoms with Crippen molar-refractivity contribution >= 4 is 32.5 Å². The van der Waals surface area contributed by atoms with Gasteiger partial charge in [-0.2, -0.15) is 4.31 Å². The molecule has 0 saturated carbocycles. The molecule has 8 nitrogen and oxygen atoms in total. The van der Waals surface area contributed by atoms with Crippen LogP contribution in [0.15, 0.2) is 52.4 Å². The summed E-state index contributed by atoms with van der Waals surface area (Å²) in [5, 5.41) is 0.482. The van der Waals surface area contributed by atoms with Crippen molar-refractivity contribution in [1.29, 1.82) is 0 Å². The first kappa shape index (κ1) is 23.1. The van der Waals surface area contributed by atoms with Gasteiger partial charge < -0.3 is 4.90 Å². The van der Waals surface area contributed by atoms with Gasteiger partial charge in [-0.3, -0.25) is 14.2 Å². The molecule has 0 radical (unpaired) electrons. The topological polar surface area (TPSA) is 92.6 Å². The fraction of sp³-hybridized carbons (Fsp3) is 0.375. The second-order valence-electron chi connectivity index (χ2n) is 8.18. The van der Waals surface area contributed by atoms with Crippen molar-refractivity contribution < 1.29 is 13.2 Å². The first-order chi connectivity index (χ1) is 15.8. The number of para-hydroxylation sites is 1. The van der Waals surface area contributed by atoms with Gasteiger partial charge in [0.1, 0.15) is 6.54 Å². The summed E-state index contributed by atoms with van der Waals surface area (Å²) in [6, 6.07) is 10.3. The minimum atomic E-state index is -3.57. The monoisotopic (exact) mass is 468 g/mol. The lowest BCUT2D eigenvalue weighted by Crippen LogP contribution is -2.40. The van der Waals surface area contributed by atoms with Gasteiger partial charge in [-0.25, -0.2) is 13.4 Å². The molecule has 0 saturated heterocycles. The number of hydrogen-bond donors (Lipinski definition) is 0. The third-order valence-corrected chi connectivity index (χ3v) is 8.22. The normalized spacial score (nSPS) is 14.0. The van der Waals surface area contributed by atoms with Gasteiger partial charge in [0.15, 0.2) is 0 Å². The number of nitrogens with zero attached hydrogens (tertiary/aromatic N) is 4. The summed E-state index contributed by atoms with van der Waals surface area (Å²) in [4.78, 5) is 32.3. The fourth-order valence-corrected chi connectivity index (χ4v) is 5.90. The number of aryl methyl sites for hydroxylation is 2. The van der Waals surface area contributed by atoms with E-state index in [1.807, 2.05) is 26.8 Å². The Bertz CT molecular complexity index is 1380. The van der Waals surface area contributed by atoms with E-state index in [9.17, 15) is 18.0 Å². The molecule has 4 rings (SSSR count). The Morgan fingerprint density at radius 1 is 1.15 bits per heavy atom. The molecule has 0 fully saturated rings. The molecule has 174 valence electrons. The lowest BCUT2D eigenvalue weighted by molar-refractivity contribution is -0.119. The summed E-state index contributed by atoms with van der Waals surface area (Å²) in [5.41, 5.74) is 2.81. The number of carbonyl (C=O) groups excluding carboxylic acids is 1. The molecule has 9 heteroatoms. The van der Waals surface area contributed by atoms with E-state index in [1.165, 1.54) is 15.2 Å². The predicted octanol–water partition coefficient (Wildman–Crippen LogP) is 2.71. The highest BCUT2D eigenvalue weighted by molar-refractivity contribution is 7.89. The molecular formula is C24H28N4O4S. The van der Waals surface area contributed by atoms with Crippen molar-refractivity contribution in [3.05, 3.63) is 64.2 Å². The van der Waals surface area contributed by atoms with Crippen LogP contribution in [0.25, 0.3) is 10.9 Å². The third-order valence-electron chi connectivity index (χ3n) is 6.17. The maximum Gasteiger partial charge on any atom is 0.261 e. The number of amides is 1. The molecular weight excluding hydrogens is 440 g/mol. The van der Waals surface area contributed by atoms with Gasteiger partial charge in [0.25, 0.3) is 5.56 Å². The van der Waals surface area contributed by atoms with Crippen LogP contribution in [0.3, 0.4) is 0 Å². The van der Waals surface area contributed by atoms with E-state index in [1.54, 1.807) is 35.2 Å². The average molecular weight is 469 g/mol. The molecule has 2 aromatic carbocycles. The fourth-order valence-electron chi connectivity index (χ4n) is 4.39. The molecule has 1 aliphatic heterocycles. The van der Waals surface area contributed by atoms with Gasteiger partial charge in [-0.15, -0.1) is 0 Å². The number of aromatic nitrogens is 2. The van der Waals surface area contributed by atoms with E-state index in [0.29, 0.717) is 42.6 Å². The summed E-state index contributed by atoms with van der Waals surface area (Å²) in [5.74, 6) is -0.230. The van der Waals surface area contributed by atoms with E-state index in [4.69, 9.17) is 0 Å². The van der Waals surface area contributed by atoms with Gasteiger partial charge in [0.2, 0.25) is 15.9 Å². The molecule has 0 N–H and O–H groups in total. The highest BCUT2D eigenvalue weighted by atomic mass is 32.2. The Kier molecular flexibility index (Phi) is 6.36. The average Bonchev–Trinajstić information content (AvgIpc) is 2.81. The van der Waals surface area contributed by atoms with Crippen molar-refractivity contribution in [2.45, 2.75) is 45.1 Å². The van der Waals surface area contributed by atoms with Crippen molar-refractivity contribution in [3.8, 4) is 0 Å². The predicted molar refractivity (Wildman–Crippen MR) is 128 cm³/mol. The summed E-state index contributed by atoms with van der Waals surface area (Å²) in [6.45, 7) is 6.69. The van der Waals surface area contributed by atoms with Gasteiger partial charge in [0, 0.05) is 25.3 Å².